The zero-order chi connectivity index (χ0) is 23.0. The molecule has 1 aliphatic carbocycles. The second kappa shape index (κ2) is 8.22. The Morgan fingerprint density at radius 2 is 1.78 bits per heavy atom. The van der Waals surface area contributed by atoms with E-state index < -0.39 is 46.4 Å². The number of ether oxygens (including phenoxy) is 1. The summed E-state index contributed by atoms with van der Waals surface area (Å²) in [7, 11) is 0. The second-order valence-corrected chi connectivity index (χ2v) is 7.62. The molecule has 0 saturated heterocycles. The van der Waals surface area contributed by atoms with Crippen molar-refractivity contribution in [1.29, 1.82) is 0 Å². The summed E-state index contributed by atoms with van der Waals surface area (Å²) in [5.74, 6) is -3.28. The first-order chi connectivity index (χ1) is 15.3. The molecular formula is C22H19N3O7. The first-order valence-corrected chi connectivity index (χ1v) is 10.0. The van der Waals surface area contributed by atoms with Gasteiger partial charge in [0.25, 0.3) is 23.4 Å². The van der Waals surface area contributed by atoms with E-state index in [1.807, 2.05) is 0 Å². The molecule has 2 aromatic carbocycles. The minimum absolute atomic E-state index is 0.0293. The molecule has 10 heteroatoms. The molecule has 2 aliphatic rings. The van der Waals surface area contributed by atoms with Crippen LogP contribution in [0.2, 0.25) is 0 Å². The van der Waals surface area contributed by atoms with Gasteiger partial charge in [0.15, 0.2) is 0 Å². The molecule has 0 spiro atoms. The first kappa shape index (κ1) is 21.2. The number of hydrogen-bond acceptors (Lipinski definition) is 7. The van der Waals surface area contributed by atoms with Crippen LogP contribution in [0.5, 0.6) is 0 Å². The maximum Gasteiger partial charge on any atom is 0.330 e. The Balaban J connectivity index is 1.57. The van der Waals surface area contributed by atoms with Gasteiger partial charge in [0.2, 0.25) is 6.10 Å². The number of hydrogen-bond donors (Lipinski definition) is 1. The number of esters is 1. The fourth-order valence-electron chi connectivity index (χ4n) is 3.51. The average molecular weight is 437 g/mol. The summed E-state index contributed by atoms with van der Waals surface area (Å²) in [6.07, 6.45) is 0.410. The van der Waals surface area contributed by atoms with Crippen molar-refractivity contribution in [2.75, 3.05) is 0 Å². The molecule has 1 heterocycles. The normalized spacial score (nSPS) is 16.8. The number of imide groups is 1. The third kappa shape index (κ3) is 3.82. The maximum absolute atomic E-state index is 12.9. The summed E-state index contributed by atoms with van der Waals surface area (Å²) in [4.78, 5) is 62.3. The Kier molecular flexibility index (Phi) is 5.43. The van der Waals surface area contributed by atoms with Gasteiger partial charge in [-0.25, -0.2) is 4.79 Å². The van der Waals surface area contributed by atoms with Gasteiger partial charge in [-0.3, -0.25) is 29.4 Å². The smallest absolute Gasteiger partial charge is 0.330 e. The molecule has 3 amide bonds. The SMILES string of the molecule is C[C@@H](C(=O)O[C@@H](C(=O)NC1CC1)c1ccccc1)N1C(=O)c2cccc([N+](=O)[O-])c2C1=O. The van der Waals surface area contributed by atoms with Crippen LogP contribution in [0.1, 0.15) is 52.1 Å². The fourth-order valence-corrected chi connectivity index (χ4v) is 3.51. The summed E-state index contributed by atoms with van der Waals surface area (Å²) < 4.78 is 5.44. The predicted octanol–water partition coefficient (Wildman–Crippen LogP) is 2.14. The van der Waals surface area contributed by atoms with E-state index in [0.717, 1.165) is 18.9 Å². The molecule has 2 aromatic rings. The number of nitro groups is 1. The standard InChI is InChI=1S/C22H19N3O7/c1-12(24-20(27)15-8-5-9-16(25(30)31)17(15)21(24)28)22(29)32-18(13-6-3-2-4-7-13)19(26)23-14-10-11-14/h2-9,12,14,18H,10-11H2,1H3,(H,23,26)/t12-,18+/m0/s1. The Morgan fingerprint density at radius 3 is 2.41 bits per heavy atom. The highest BCUT2D eigenvalue weighted by atomic mass is 16.6. The molecule has 0 aromatic heterocycles. The Labute approximate surface area is 182 Å². The molecule has 10 nitrogen and oxygen atoms in total. The van der Waals surface area contributed by atoms with Gasteiger partial charge >= 0.3 is 5.97 Å². The lowest BCUT2D eigenvalue weighted by Crippen LogP contribution is -2.45. The maximum atomic E-state index is 12.9. The molecule has 0 radical (unpaired) electrons. The van der Waals surface area contributed by atoms with Crippen LogP contribution in [0.25, 0.3) is 0 Å². The summed E-state index contributed by atoms with van der Waals surface area (Å²) >= 11 is 0. The van der Waals surface area contributed by atoms with Gasteiger partial charge in [0.05, 0.1) is 10.5 Å². The molecule has 1 saturated carbocycles. The molecule has 4 rings (SSSR count). The van der Waals surface area contributed by atoms with Crippen LogP contribution in [0.4, 0.5) is 5.69 Å². The van der Waals surface area contributed by atoms with Gasteiger partial charge in [-0.15, -0.1) is 0 Å². The lowest BCUT2D eigenvalue weighted by molar-refractivity contribution is -0.385. The number of amides is 3. The van der Waals surface area contributed by atoms with E-state index in [-0.39, 0.29) is 17.2 Å². The third-order valence-corrected chi connectivity index (χ3v) is 5.35. The molecule has 32 heavy (non-hydrogen) atoms. The van der Waals surface area contributed by atoms with Crippen molar-refractivity contribution in [3.05, 3.63) is 75.3 Å². The molecule has 1 fully saturated rings. The van der Waals surface area contributed by atoms with Crippen LogP contribution in [0.15, 0.2) is 48.5 Å². The minimum atomic E-state index is -1.40. The summed E-state index contributed by atoms with van der Waals surface area (Å²) in [6, 6.07) is 10.7. The third-order valence-electron chi connectivity index (χ3n) is 5.35. The zero-order valence-electron chi connectivity index (χ0n) is 17.0. The number of nitrogens with zero attached hydrogens (tertiary/aromatic N) is 2. The van der Waals surface area contributed by atoms with Gasteiger partial charge < -0.3 is 10.1 Å². The Bertz CT molecular complexity index is 1130. The lowest BCUT2D eigenvalue weighted by atomic mass is 10.1. The molecular weight excluding hydrogens is 418 g/mol. The topological polar surface area (TPSA) is 136 Å². The van der Waals surface area contributed by atoms with E-state index in [9.17, 15) is 29.3 Å². The monoisotopic (exact) mass is 437 g/mol. The second-order valence-electron chi connectivity index (χ2n) is 7.62. The summed E-state index contributed by atoms with van der Waals surface area (Å²) in [6.45, 7) is 1.27. The zero-order valence-corrected chi connectivity index (χ0v) is 17.0. The van der Waals surface area contributed by atoms with Crippen LogP contribution in [-0.2, 0) is 14.3 Å². The van der Waals surface area contributed by atoms with Gasteiger partial charge in [-0.2, -0.15) is 0 Å². The van der Waals surface area contributed by atoms with Crippen molar-refractivity contribution < 1.29 is 28.8 Å². The molecule has 164 valence electrons. The predicted molar refractivity (Wildman–Crippen MR) is 109 cm³/mol. The number of fused-ring (bicyclic) bond motifs is 1. The largest absolute Gasteiger partial charge is 0.446 e. The number of benzene rings is 2. The van der Waals surface area contributed by atoms with Gasteiger partial charge in [0, 0.05) is 17.7 Å². The van der Waals surface area contributed by atoms with Crippen LogP contribution in [-0.4, -0.2) is 45.6 Å². The highest BCUT2D eigenvalue weighted by molar-refractivity contribution is 6.24. The van der Waals surface area contributed by atoms with E-state index >= 15 is 0 Å². The number of nitrogens with one attached hydrogen (secondary N) is 1. The minimum Gasteiger partial charge on any atom is -0.446 e. The number of rotatable bonds is 7. The summed E-state index contributed by atoms with van der Waals surface area (Å²) in [5.41, 5.74) is -0.609. The van der Waals surface area contributed by atoms with E-state index in [1.165, 1.54) is 19.1 Å². The van der Waals surface area contributed by atoms with E-state index in [2.05, 4.69) is 5.32 Å². The lowest BCUT2D eigenvalue weighted by Gasteiger charge is -2.24. The fraction of sp³-hybridized carbons (Fsp3) is 0.273. The van der Waals surface area contributed by atoms with Crippen LogP contribution in [0.3, 0.4) is 0 Å². The van der Waals surface area contributed by atoms with Gasteiger partial charge in [-0.1, -0.05) is 36.4 Å². The Hall–Kier alpha value is -4.08. The molecule has 0 bridgehead atoms. The highest BCUT2D eigenvalue weighted by Gasteiger charge is 2.46. The molecule has 0 unspecified atom stereocenters. The van der Waals surface area contributed by atoms with E-state index in [4.69, 9.17) is 4.74 Å². The molecule has 1 aliphatic heterocycles. The van der Waals surface area contributed by atoms with Crippen molar-refractivity contribution >= 4 is 29.4 Å². The van der Waals surface area contributed by atoms with Crippen molar-refractivity contribution in [3.63, 3.8) is 0 Å². The quantitative estimate of drug-likeness (QED) is 0.303. The van der Waals surface area contributed by atoms with Crippen molar-refractivity contribution in [1.82, 2.24) is 10.2 Å². The van der Waals surface area contributed by atoms with E-state index in [0.29, 0.717) is 10.5 Å². The Morgan fingerprint density at radius 1 is 1.09 bits per heavy atom. The molecule has 2 atom stereocenters. The van der Waals surface area contributed by atoms with Crippen LogP contribution >= 0.6 is 0 Å². The van der Waals surface area contributed by atoms with Crippen molar-refractivity contribution in [2.45, 2.75) is 38.0 Å². The summed E-state index contributed by atoms with van der Waals surface area (Å²) in [5, 5.41) is 14.1. The number of nitro benzene ring substituents is 1. The van der Waals surface area contributed by atoms with Crippen molar-refractivity contribution in [3.8, 4) is 0 Å². The number of carbonyl (C=O) groups is 4. The highest BCUT2D eigenvalue weighted by Crippen LogP contribution is 2.32. The van der Waals surface area contributed by atoms with Crippen LogP contribution in [0, 0.1) is 10.1 Å². The molecule has 1 N–H and O–H groups in total. The first-order valence-electron chi connectivity index (χ1n) is 10.0. The van der Waals surface area contributed by atoms with Gasteiger partial charge in [-0.05, 0) is 25.8 Å². The van der Waals surface area contributed by atoms with Gasteiger partial charge in [0.1, 0.15) is 11.6 Å². The van der Waals surface area contributed by atoms with Crippen molar-refractivity contribution in [2.24, 2.45) is 0 Å². The number of carbonyl (C=O) groups excluding carboxylic acids is 4. The van der Waals surface area contributed by atoms with Crippen LogP contribution < -0.4 is 5.32 Å². The van der Waals surface area contributed by atoms with E-state index in [1.54, 1.807) is 30.3 Å². The average Bonchev–Trinajstić information content (AvgIpc) is 3.56.